The monoisotopic (exact) mass is 292 g/mol. The Balaban J connectivity index is 1.93. The minimum Gasteiger partial charge on any atom is -0.416 e. The van der Waals surface area contributed by atoms with Gasteiger partial charge in [0.2, 0.25) is 11.8 Å². The molecule has 0 bridgehead atoms. The molecule has 112 valence electrons. The largest absolute Gasteiger partial charge is 0.416 e. The van der Waals surface area contributed by atoms with Gasteiger partial charge in [0, 0.05) is 11.1 Å². The first kappa shape index (κ1) is 14.5. The minimum absolute atomic E-state index is 0.139. The van der Waals surface area contributed by atoms with E-state index in [4.69, 9.17) is 4.42 Å². The first-order chi connectivity index (χ1) is 10.4. The Labute approximate surface area is 131 Å². The van der Waals surface area contributed by atoms with E-state index in [9.17, 15) is 0 Å². The van der Waals surface area contributed by atoms with Crippen LogP contribution in [0.2, 0.25) is 0 Å². The van der Waals surface area contributed by atoms with Gasteiger partial charge in [0.1, 0.15) is 0 Å². The SMILES string of the molecule is Cc1ccccc1-c1nnc(-c2ccc(C(C)(C)C)cc2)o1. The molecule has 0 saturated carbocycles. The number of benzene rings is 2. The van der Waals surface area contributed by atoms with Gasteiger partial charge in [-0.2, -0.15) is 0 Å². The minimum atomic E-state index is 0.139. The van der Waals surface area contributed by atoms with Gasteiger partial charge < -0.3 is 4.42 Å². The zero-order chi connectivity index (χ0) is 15.7. The normalized spacial score (nSPS) is 11.6. The molecule has 3 rings (SSSR count). The van der Waals surface area contributed by atoms with Gasteiger partial charge in [0.15, 0.2) is 0 Å². The highest BCUT2D eigenvalue weighted by atomic mass is 16.4. The van der Waals surface area contributed by atoms with Gasteiger partial charge >= 0.3 is 0 Å². The fourth-order valence-electron chi connectivity index (χ4n) is 2.37. The molecule has 0 spiro atoms. The van der Waals surface area contributed by atoms with Crippen LogP contribution < -0.4 is 0 Å². The highest BCUT2D eigenvalue weighted by Gasteiger charge is 2.15. The van der Waals surface area contributed by atoms with Crippen LogP contribution in [-0.4, -0.2) is 10.2 Å². The third kappa shape index (κ3) is 2.80. The predicted molar refractivity (Wildman–Crippen MR) is 88.6 cm³/mol. The summed E-state index contributed by atoms with van der Waals surface area (Å²) in [6, 6.07) is 16.3. The van der Waals surface area contributed by atoms with Crippen LogP contribution in [0.15, 0.2) is 52.9 Å². The number of aromatic nitrogens is 2. The van der Waals surface area contributed by atoms with E-state index >= 15 is 0 Å². The molecule has 3 aromatic rings. The van der Waals surface area contributed by atoms with Gasteiger partial charge in [-0.25, -0.2) is 0 Å². The van der Waals surface area contributed by atoms with Crippen LogP contribution >= 0.6 is 0 Å². The average molecular weight is 292 g/mol. The molecule has 0 fully saturated rings. The van der Waals surface area contributed by atoms with Crippen LogP contribution in [0, 0.1) is 6.92 Å². The molecule has 0 amide bonds. The number of aryl methyl sites for hydroxylation is 1. The Morgan fingerprint density at radius 3 is 2.09 bits per heavy atom. The summed E-state index contributed by atoms with van der Waals surface area (Å²) in [5.41, 5.74) is 4.48. The van der Waals surface area contributed by atoms with Gasteiger partial charge in [0.05, 0.1) is 0 Å². The van der Waals surface area contributed by atoms with Crippen molar-refractivity contribution in [3.63, 3.8) is 0 Å². The van der Waals surface area contributed by atoms with Crippen molar-refractivity contribution in [1.82, 2.24) is 10.2 Å². The predicted octanol–water partition coefficient (Wildman–Crippen LogP) is 5.01. The Morgan fingerprint density at radius 2 is 1.45 bits per heavy atom. The second-order valence-electron chi connectivity index (χ2n) is 6.55. The number of rotatable bonds is 2. The molecule has 0 aliphatic carbocycles. The average Bonchev–Trinajstić information content (AvgIpc) is 2.96. The first-order valence-electron chi connectivity index (χ1n) is 7.45. The van der Waals surface area contributed by atoms with Gasteiger partial charge in [-0.3, -0.25) is 0 Å². The molecule has 3 nitrogen and oxygen atoms in total. The van der Waals surface area contributed by atoms with Gasteiger partial charge in [0.25, 0.3) is 0 Å². The molecule has 22 heavy (non-hydrogen) atoms. The van der Waals surface area contributed by atoms with Gasteiger partial charge in [-0.05, 0) is 41.7 Å². The maximum Gasteiger partial charge on any atom is 0.248 e. The van der Waals surface area contributed by atoms with E-state index in [-0.39, 0.29) is 5.41 Å². The van der Waals surface area contributed by atoms with Crippen molar-refractivity contribution in [2.75, 3.05) is 0 Å². The lowest BCUT2D eigenvalue weighted by atomic mass is 9.87. The molecule has 0 unspecified atom stereocenters. The van der Waals surface area contributed by atoms with E-state index in [1.165, 1.54) is 5.56 Å². The fourth-order valence-corrected chi connectivity index (χ4v) is 2.37. The van der Waals surface area contributed by atoms with Crippen molar-refractivity contribution in [3.8, 4) is 22.9 Å². The van der Waals surface area contributed by atoms with Crippen LogP contribution in [-0.2, 0) is 5.41 Å². The summed E-state index contributed by atoms with van der Waals surface area (Å²) >= 11 is 0. The molecule has 0 N–H and O–H groups in total. The highest BCUT2D eigenvalue weighted by Crippen LogP contribution is 2.28. The Hall–Kier alpha value is -2.42. The standard InChI is InChI=1S/C19H20N2O/c1-13-7-5-6-8-16(13)18-21-20-17(22-18)14-9-11-15(12-10-14)19(2,3)4/h5-12H,1-4H3. The summed E-state index contributed by atoms with van der Waals surface area (Å²) < 4.78 is 5.84. The molecule has 0 radical (unpaired) electrons. The van der Waals surface area contributed by atoms with Crippen molar-refractivity contribution in [1.29, 1.82) is 0 Å². The van der Waals surface area contributed by atoms with Crippen molar-refractivity contribution in [2.45, 2.75) is 33.1 Å². The third-order valence-corrected chi connectivity index (χ3v) is 3.80. The van der Waals surface area contributed by atoms with E-state index in [2.05, 4.69) is 43.1 Å². The number of hydrogen-bond acceptors (Lipinski definition) is 3. The quantitative estimate of drug-likeness (QED) is 0.666. The molecule has 0 aliphatic rings. The van der Waals surface area contributed by atoms with Crippen molar-refractivity contribution in [2.24, 2.45) is 0 Å². The second-order valence-corrected chi connectivity index (χ2v) is 6.55. The summed E-state index contributed by atoms with van der Waals surface area (Å²) in [7, 11) is 0. The highest BCUT2D eigenvalue weighted by molar-refractivity contribution is 5.61. The van der Waals surface area contributed by atoms with Crippen molar-refractivity contribution in [3.05, 3.63) is 59.7 Å². The Kier molecular flexibility index (Phi) is 3.57. The molecular formula is C19H20N2O. The lowest BCUT2D eigenvalue weighted by molar-refractivity contribution is 0.581. The van der Waals surface area contributed by atoms with E-state index < -0.39 is 0 Å². The zero-order valence-electron chi connectivity index (χ0n) is 13.4. The van der Waals surface area contributed by atoms with Crippen LogP contribution in [0.1, 0.15) is 31.9 Å². The lowest BCUT2D eigenvalue weighted by Gasteiger charge is -2.18. The van der Waals surface area contributed by atoms with Crippen LogP contribution in [0.5, 0.6) is 0 Å². The lowest BCUT2D eigenvalue weighted by Crippen LogP contribution is -2.10. The summed E-state index contributed by atoms with van der Waals surface area (Å²) in [5, 5.41) is 8.36. The Bertz CT molecular complexity index is 780. The van der Waals surface area contributed by atoms with E-state index in [1.807, 2.05) is 43.3 Å². The molecule has 0 saturated heterocycles. The first-order valence-corrected chi connectivity index (χ1v) is 7.45. The van der Waals surface area contributed by atoms with Crippen molar-refractivity contribution >= 4 is 0 Å². The summed E-state index contributed by atoms with van der Waals surface area (Å²) in [6.07, 6.45) is 0. The van der Waals surface area contributed by atoms with Crippen LogP contribution in [0.25, 0.3) is 22.9 Å². The Morgan fingerprint density at radius 1 is 0.818 bits per heavy atom. The molecule has 1 heterocycles. The second kappa shape index (κ2) is 5.41. The maximum atomic E-state index is 5.84. The van der Waals surface area contributed by atoms with Crippen molar-refractivity contribution < 1.29 is 4.42 Å². The van der Waals surface area contributed by atoms with E-state index in [0.29, 0.717) is 11.8 Å². The van der Waals surface area contributed by atoms with Crippen LogP contribution in [0.4, 0.5) is 0 Å². The van der Waals surface area contributed by atoms with E-state index in [0.717, 1.165) is 16.7 Å². The zero-order valence-corrected chi connectivity index (χ0v) is 13.4. The van der Waals surface area contributed by atoms with Crippen LogP contribution in [0.3, 0.4) is 0 Å². The molecule has 0 aliphatic heterocycles. The van der Waals surface area contributed by atoms with Gasteiger partial charge in [-0.1, -0.05) is 51.1 Å². The fraction of sp³-hybridized carbons (Fsp3) is 0.263. The van der Waals surface area contributed by atoms with Gasteiger partial charge in [-0.15, -0.1) is 10.2 Å². The smallest absolute Gasteiger partial charge is 0.248 e. The summed E-state index contributed by atoms with van der Waals surface area (Å²) in [4.78, 5) is 0. The van der Waals surface area contributed by atoms with E-state index in [1.54, 1.807) is 0 Å². The molecule has 2 aromatic carbocycles. The summed E-state index contributed by atoms with van der Waals surface area (Å²) in [6.45, 7) is 8.64. The molecule has 3 heteroatoms. The topological polar surface area (TPSA) is 38.9 Å². The summed E-state index contributed by atoms with van der Waals surface area (Å²) in [5.74, 6) is 1.12. The molecule has 0 atom stereocenters. The third-order valence-electron chi connectivity index (χ3n) is 3.80. The maximum absolute atomic E-state index is 5.84. The number of nitrogens with zero attached hydrogens (tertiary/aromatic N) is 2. The molecule has 1 aromatic heterocycles. The molecular weight excluding hydrogens is 272 g/mol. The number of hydrogen-bond donors (Lipinski definition) is 0.